The van der Waals surface area contributed by atoms with Gasteiger partial charge in [0.05, 0.1) is 5.56 Å². The molecule has 1 heterocycles. The van der Waals surface area contributed by atoms with E-state index in [1.165, 1.54) is 31.0 Å². The molecule has 222 valence electrons. The summed E-state index contributed by atoms with van der Waals surface area (Å²) in [6, 6.07) is 14.7. The quantitative estimate of drug-likeness (QED) is 0.123. The van der Waals surface area contributed by atoms with Crippen LogP contribution in [0.25, 0.3) is 6.08 Å². The lowest BCUT2D eigenvalue weighted by molar-refractivity contribution is -0.152. The van der Waals surface area contributed by atoms with Crippen molar-refractivity contribution in [2.24, 2.45) is 5.73 Å². The van der Waals surface area contributed by atoms with Gasteiger partial charge in [-0.25, -0.2) is 4.79 Å². The van der Waals surface area contributed by atoms with E-state index < -0.39 is 40.8 Å². The van der Waals surface area contributed by atoms with Crippen molar-refractivity contribution < 1.29 is 32.2 Å². The number of carbonyl (C=O) groups excluding carboxylic acids is 2. The number of carbonyl (C=O) groups is 2. The van der Waals surface area contributed by atoms with Gasteiger partial charge in [0.15, 0.2) is 11.0 Å². The molecule has 0 aromatic heterocycles. The average Bonchev–Trinajstić information content (AvgIpc) is 2.94. The number of nitrogens with zero attached hydrogens (tertiary/aromatic N) is 1. The smallest absolute Gasteiger partial charge is 0.416 e. The maximum Gasteiger partial charge on any atom is 0.416 e. The number of anilines is 2. The van der Waals surface area contributed by atoms with Crippen LogP contribution in [0.4, 0.5) is 24.5 Å². The number of amides is 1. The highest BCUT2D eigenvalue weighted by atomic mass is 35.5. The number of esters is 1. The fraction of sp³-hybridized carbons (Fsp3) is 0.267. The van der Waals surface area contributed by atoms with Crippen molar-refractivity contribution in [2.75, 3.05) is 17.3 Å². The first kappa shape index (κ1) is 31.2. The second-order valence-electron chi connectivity index (χ2n) is 9.86. The molecule has 3 N–H and O–H groups in total. The van der Waals surface area contributed by atoms with E-state index in [4.69, 9.17) is 38.4 Å². The molecule has 7 nitrogen and oxygen atoms in total. The lowest BCUT2D eigenvalue weighted by Crippen LogP contribution is -2.48. The van der Waals surface area contributed by atoms with Gasteiger partial charge in [-0.1, -0.05) is 53.5 Å². The standard InChI is InChI=1S/C30H28Cl2F3N3O4/c1-17(18-8-10-21(11-9-18)30(33,34)35)42-28(40)26(36)27(39)38(3)24-7-5-4-6-19(24)16-41-25-15-20-14-22(31)12-13-23(20)37-29(25,2)32/h4-15,17,26,37H,16,36H2,1-3H3. The van der Waals surface area contributed by atoms with Crippen LogP contribution in [0.15, 0.2) is 72.5 Å². The highest BCUT2D eigenvalue weighted by Crippen LogP contribution is 2.38. The van der Waals surface area contributed by atoms with Crippen LogP contribution in [0.5, 0.6) is 0 Å². The Morgan fingerprint density at radius 2 is 1.76 bits per heavy atom. The Labute approximate surface area is 251 Å². The minimum Gasteiger partial charge on any atom is -0.489 e. The van der Waals surface area contributed by atoms with Crippen molar-refractivity contribution in [3.05, 3.63) is 99.8 Å². The summed E-state index contributed by atoms with van der Waals surface area (Å²) in [4.78, 5) is 26.0. The normalized spacial score (nSPS) is 17.7. The van der Waals surface area contributed by atoms with E-state index in [1.807, 2.05) is 6.07 Å². The molecule has 0 fully saturated rings. The molecule has 0 spiro atoms. The maximum absolute atomic E-state index is 13.2. The van der Waals surface area contributed by atoms with Crippen LogP contribution < -0.4 is 16.0 Å². The molecule has 3 aromatic rings. The van der Waals surface area contributed by atoms with Gasteiger partial charge in [0.2, 0.25) is 0 Å². The first-order chi connectivity index (χ1) is 19.7. The molecule has 0 bridgehead atoms. The molecule has 0 saturated carbocycles. The van der Waals surface area contributed by atoms with Gasteiger partial charge in [-0.15, -0.1) is 0 Å². The third-order valence-electron chi connectivity index (χ3n) is 6.72. The van der Waals surface area contributed by atoms with Gasteiger partial charge in [-0.3, -0.25) is 4.79 Å². The molecule has 3 atom stereocenters. The molecule has 4 rings (SSSR count). The summed E-state index contributed by atoms with van der Waals surface area (Å²) in [7, 11) is 1.46. The van der Waals surface area contributed by atoms with Crippen molar-refractivity contribution in [2.45, 2.75) is 43.8 Å². The van der Waals surface area contributed by atoms with Crippen LogP contribution in [0.3, 0.4) is 0 Å². The van der Waals surface area contributed by atoms with Gasteiger partial charge in [0, 0.05) is 34.6 Å². The Morgan fingerprint density at radius 3 is 2.43 bits per heavy atom. The molecule has 12 heteroatoms. The predicted octanol–water partition coefficient (Wildman–Crippen LogP) is 6.89. The summed E-state index contributed by atoms with van der Waals surface area (Å²) in [5.41, 5.74) is 8.07. The van der Waals surface area contributed by atoms with Gasteiger partial charge in [-0.05, 0) is 61.9 Å². The number of para-hydroxylation sites is 1. The Hall–Kier alpha value is -3.73. The van der Waals surface area contributed by atoms with E-state index in [0.29, 0.717) is 27.6 Å². The van der Waals surface area contributed by atoms with E-state index >= 15 is 0 Å². The highest BCUT2D eigenvalue weighted by Gasteiger charge is 2.34. The number of nitrogens with one attached hydrogen (secondary N) is 1. The summed E-state index contributed by atoms with van der Waals surface area (Å²) in [5, 5.41) is 3.75. The van der Waals surface area contributed by atoms with Crippen LogP contribution in [0.1, 0.15) is 42.2 Å². The molecule has 1 aliphatic rings. The number of alkyl halides is 4. The van der Waals surface area contributed by atoms with Crippen LogP contribution in [0, 0.1) is 0 Å². The zero-order chi connectivity index (χ0) is 30.8. The summed E-state index contributed by atoms with van der Waals surface area (Å²) >= 11 is 12.8. The van der Waals surface area contributed by atoms with Gasteiger partial charge >= 0.3 is 12.1 Å². The zero-order valence-electron chi connectivity index (χ0n) is 22.8. The monoisotopic (exact) mass is 621 g/mol. The molecule has 0 aliphatic carbocycles. The fourth-order valence-electron chi connectivity index (χ4n) is 4.34. The summed E-state index contributed by atoms with van der Waals surface area (Å²) in [5.74, 6) is -1.35. The Bertz CT molecular complexity index is 1510. The average molecular weight is 622 g/mol. The molecule has 0 radical (unpaired) electrons. The third-order valence-corrected chi connectivity index (χ3v) is 7.24. The molecular formula is C30H28Cl2F3N3O4. The number of halogens is 5. The van der Waals surface area contributed by atoms with Crippen LogP contribution in [-0.4, -0.2) is 30.0 Å². The first-order valence-electron chi connectivity index (χ1n) is 12.8. The lowest BCUT2D eigenvalue weighted by Gasteiger charge is -2.33. The second kappa shape index (κ2) is 12.2. The molecule has 1 amide bonds. The number of likely N-dealkylation sites (N-methyl/N-ethyl adjacent to an activating group) is 1. The lowest BCUT2D eigenvalue weighted by atomic mass is 10.0. The number of hydrogen-bond donors (Lipinski definition) is 2. The summed E-state index contributed by atoms with van der Waals surface area (Å²) < 4.78 is 49.9. The van der Waals surface area contributed by atoms with Crippen molar-refractivity contribution >= 4 is 52.5 Å². The minimum atomic E-state index is -4.49. The third kappa shape index (κ3) is 7.00. The predicted molar refractivity (Wildman–Crippen MR) is 156 cm³/mol. The number of nitrogens with two attached hydrogens (primary N) is 1. The summed E-state index contributed by atoms with van der Waals surface area (Å²) in [6.07, 6.45) is -3.65. The van der Waals surface area contributed by atoms with E-state index in [0.717, 1.165) is 23.4 Å². The van der Waals surface area contributed by atoms with Crippen molar-refractivity contribution in [1.29, 1.82) is 0 Å². The van der Waals surface area contributed by atoms with E-state index in [9.17, 15) is 22.8 Å². The number of ether oxygens (including phenoxy) is 2. The first-order valence-corrected chi connectivity index (χ1v) is 13.5. The van der Waals surface area contributed by atoms with Crippen molar-refractivity contribution in [1.82, 2.24) is 0 Å². The Morgan fingerprint density at radius 1 is 1.10 bits per heavy atom. The number of hydrogen-bond acceptors (Lipinski definition) is 6. The molecular weight excluding hydrogens is 594 g/mol. The number of rotatable bonds is 8. The maximum atomic E-state index is 13.2. The van der Waals surface area contributed by atoms with Crippen LogP contribution in [-0.2, 0) is 31.8 Å². The van der Waals surface area contributed by atoms with E-state index in [2.05, 4.69) is 5.32 Å². The zero-order valence-corrected chi connectivity index (χ0v) is 24.3. The minimum absolute atomic E-state index is 0.0319. The topological polar surface area (TPSA) is 93.9 Å². The molecule has 1 aliphatic heterocycles. The number of benzene rings is 3. The molecule has 3 aromatic carbocycles. The largest absolute Gasteiger partial charge is 0.489 e. The SMILES string of the molecule is CC(OC(=O)C(N)C(=O)N(C)c1ccccc1COC1=Cc2cc(Cl)ccc2NC1(C)Cl)c1ccc(C(F)(F)F)cc1. The summed E-state index contributed by atoms with van der Waals surface area (Å²) in [6.45, 7) is 3.25. The number of fused-ring (bicyclic) bond motifs is 1. The van der Waals surface area contributed by atoms with Gasteiger partial charge in [0.25, 0.3) is 5.91 Å². The Balaban J connectivity index is 1.44. The second-order valence-corrected chi connectivity index (χ2v) is 11.1. The molecule has 42 heavy (non-hydrogen) atoms. The van der Waals surface area contributed by atoms with Crippen LogP contribution in [0.2, 0.25) is 5.02 Å². The molecule has 3 unspecified atom stereocenters. The van der Waals surface area contributed by atoms with Gasteiger partial charge in [0.1, 0.15) is 18.5 Å². The van der Waals surface area contributed by atoms with Crippen molar-refractivity contribution in [3.63, 3.8) is 0 Å². The fourth-order valence-corrected chi connectivity index (χ4v) is 4.73. The van der Waals surface area contributed by atoms with E-state index in [1.54, 1.807) is 49.4 Å². The molecule has 0 saturated heterocycles. The highest BCUT2D eigenvalue weighted by molar-refractivity contribution is 6.31. The van der Waals surface area contributed by atoms with E-state index in [-0.39, 0.29) is 6.61 Å². The van der Waals surface area contributed by atoms with Crippen molar-refractivity contribution in [3.8, 4) is 0 Å². The van der Waals surface area contributed by atoms with Gasteiger partial charge < -0.3 is 25.4 Å². The van der Waals surface area contributed by atoms with Gasteiger partial charge in [-0.2, -0.15) is 13.2 Å². The van der Waals surface area contributed by atoms with Crippen LogP contribution >= 0.6 is 23.2 Å². The Kier molecular flexibility index (Phi) is 9.10.